The zero-order chi connectivity index (χ0) is 44.0. The second-order valence-corrected chi connectivity index (χ2v) is 18.4. The first kappa shape index (κ1) is 39.5. The van der Waals surface area contributed by atoms with Crippen LogP contribution in [0, 0.1) is 27.7 Å². The van der Waals surface area contributed by atoms with E-state index >= 15 is 0 Å². The lowest BCUT2D eigenvalue weighted by Gasteiger charge is -2.29. The fraction of sp³-hybridized carbons (Fsp3) is 0.167. The van der Waals surface area contributed by atoms with Gasteiger partial charge >= 0.3 is 0 Å². The third-order valence-corrected chi connectivity index (χ3v) is 13.4. The van der Waals surface area contributed by atoms with Crippen molar-refractivity contribution in [3.63, 3.8) is 0 Å². The van der Waals surface area contributed by atoms with Crippen molar-refractivity contribution >= 4 is 99.5 Å². The Hall–Kier alpha value is -7.30. The summed E-state index contributed by atoms with van der Waals surface area (Å²) in [4.78, 5) is 4.80. The quantitative estimate of drug-likeness (QED) is 0.153. The molecule has 0 aliphatic carbocycles. The third-order valence-electron chi connectivity index (χ3n) is 13.4. The van der Waals surface area contributed by atoms with Crippen molar-refractivity contribution in [2.24, 2.45) is 0 Å². The largest absolute Gasteiger partial charge is 0.456 e. The van der Waals surface area contributed by atoms with E-state index < -0.39 is 0 Å². The van der Waals surface area contributed by atoms with Gasteiger partial charge in [-0.15, -0.1) is 0 Å². The molecule has 0 N–H and O–H groups in total. The van der Waals surface area contributed by atoms with Crippen molar-refractivity contribution in [3.8, 4) is 0 Å². The number of hydrogen-bond acceptors (Lipinski definition) is 4. The molecule has 0 atom stereocenters. The molecule has 0 amide bonds. The van der Waals surface area contributed by atoms with Crippen LogP contribution in [0.3, 0.4) is 0 Å². The van der Waals surface area contributed by atoms with Crippen LogP contribution in [-0.4, -0.2) is 0 Å². The highest BCUT2D eigenvalue weighted by Crippen LogP contribution is 2.46. The van der Waals surface area contributed by atoms with Crippen LogP contribution in [0.4, 0.5) is 34.1 Å². The molecule has 0 aliphatic heterocycles. The molecule has 0 spiro atoms. The summed E-state index contributed by atoms with van der Waals surface area (Å²) in [5, 5.41) is 8.91. The van der Waals surface area contributed by atoms with Gasteiger partial charge in [-0.3, -0.25) is 0 Å². The van der Waals surface area contributed by atoms with E-state index in [0.717, 1.165) is 76.8 Å². The molecule has 0 saturated carbocycles. The number of aryl methyl sites for hydroxylation is 4. The molecule has 2 heterocycles. The first-order chi connectivity index (χ1) is 31.0. The predicted octanol–water partition coefficient (Wildman–Crippen LogP) is 18.2. The number of hydrogen-bond donors (Lipinski definition) is 0. The number of nitrogens with zero attached hydrogens (tertiary/aromatic N) is 2. The minimum Gasteiger partial charge on any atom is -0.456 e. The second kappa shape index (κ2) is 15.2. The van der Waals surface area contributed by atoms with Crippen molar-refractivity contribution in [2.75, 3.05) is 9.80 Å². The molecule has 64 heavy (non-hydrogen) atoms. The van der Waals surface area contributed by atoms with Crippen LogP contribution in [0.2, 0.25) is 0 Å². The van der Waals surface area contributed by atoms with Crippen LogP contribution >= 0.6 is 0 Å². The van der Waals surface area contributed by atoms with Crippen molar-refractivity contribution in [1.29, 1.82) is 0 Å². The highest BCUT2D eigenvalue weighted by atomic mass is 16.3. The summed E-state index contributed by atoms with van der Waals surface area (Å²) in [7, 11) is 0. The molecule has 0 bridgehead atoms. The van der Waals surface area contributed by atoms with Gasteiger partial charge in [-0.05, 0) is 179 Å². The monoisotopic (exact) mass is 832 g/mol. The maximum absolute atomic E-state index is 6.72. The first-order valence-corrected chi connectivity index (χ1v) is 22.6. The minimum atomic E-state index is 0.463. The topological polar surface area (TPSA) is 32.8 Å². The van der Waals surface area contributed by atoms with Gasteiger partial charge in [-0.1, -0.05) is 100 Å². The first-order valence-electron chi connectivity index (χ1n) is 22.6. The van der Waals surface area contributed by atoms with Gasteiger partial charge in [-0.2, -0.15) is 0 Å². The Morgan fingerprint density at radius 2 is 0.750 bits per heavy atom. The molecule has 0 unspecified atom stereocenters. The molecule has 11 aromatic rings. The summed E-state index contributed by atoms with van der Waals surface area (Å²) < 4.78 is 13.4. The van der Waals surface area contributed by atoms with Crippen molar-refractivity contribution in [3.05, 3.63) is 191 Å². The van der Waals surface area contributed by atoms with E-state index in [9.17, 15) is 0 Å². The summed E-state index contributed by atoms with van der Waals surface area (Å²) >= 11 is 0. The normalized spacial score (nSPS) is 12.0. The van der Waals surface area contributed by atoms with Crippen molar-refractivity contribution in [2.45, 2.75) is 67.2 Å². The Bertz CT molecular complexity index is 3400. The van der Waals surface area contributed by atoms with Crippen LogP contribution < -0.4 is 9.80 Å². The number of fused-ring (bicyclic) bond motifs is 9. The molecule has 0 fully saturated rings. The van der Waals surface area contributed by atoms with Gasteiger partial charge in [0.25, 0.3) is 0 Å². The summed E-state index contributed by atoms with van der Waals surface area (Å²) in [5.41, 5.74) is 18.0. The van der Waals surface area contributed by atoms with Gasteiger partial charge in [0.05, 0.1) is 0 Å². The maximum Gasteiger partial charge on any atom is 0.136 e. The zero-order valence-corrected chi connectivity index (χ0v) is 37.9. The molecule has 0 radical (unpaired) electrons. The molecule has 0 saturated heterocycles. The van der Waals surface area contributed by atoms with E-state index in [1.807, 2.05) is 0 Å². The van der Waals surface area contributed by atoms with E-state index in [2.05, 4.69) is 223 Å². The van der Waals surface area contributed by atoms with E-state index in [4.69, 9.17) is 8.83 Å². The number of benzene rings is 9. The van der Waals surface area contributed by atoms with Gasteiger partial charge in [-0.25, -0.2) is 0 Å². The van der Waals surface area contributed by atoms with Crippen LogP contribution in [0.25, 0.3) is 65.4 Å². The summed E-state index contributed by atoms with van der Waals surface area (Å²) in [6, 6.07) is 57.8. The van der Waals surface area contributed by atoms with Crippen molar-refractivity contribution < 1.29 is 8.83 Å². The van der Waals surface area contributed by atoms with Crippen molar-refractivity contribution in [1.82, 2.24) is 0 Å². The lowest BCUT2D eigenvalue weighted by Crippen LogP contribution is -2.13. The third kappa shape index (κ3) is 6.51. The molecule has 9 aromatic carbocycles. The van der Waals surface area contributed by atoms with E-state index in [-0.39, 0.29) is 0 Å². The Kier molecular flexibility index (Phi) is 9.39. The average molecular weight is 833 g/mol. The fourth-order valence-electron chi connectivity index (χ4n) is 9.89. The standard InChI is InChI=1S/C60H52N2O2/c1-35(2)41-19-23-53(39(7)27-41)61(51-15-11-9-13-37(51)5)47-21-17-43-31-49-57(33-45(43)29-47)63-55-25-26-56-60(59(49)55)50-32-44-18-22-48(30-46(44)34-58(50)64-56)62(52-16-12-10-14-38(52)6)54-24-20-42(36(3)4)28-40(54)8/h9-36H,1-8H3. The van der Waals surface area contributed by atoms with Gasteiger partial charge in [0.2, 0.25) is 0 Å². The smallest absolute Gasteiger partial charge is 0.136 e. The van der Waals surface area contributed by atoms with Crippen LogP contribution in [0.1, 0.15) is 72.9 Å². The van der Waals surface area contributed by atoms with E-state index in [1.165, 1.54) is 56.1 Å². The average Bonchev–Trinajstić information content (AvgIpc) is 3.83. The van der Waals surface area contributed by atoms with Crippen LogP contribution in [-0.2, 0) is 0 Å². The maximum atomic E-state index is 6.72. The van der Waals surface area contributed by atoms with E-state index in [1.54, 1.807) is 0 Å². The highest BCUT2D eigenvalue weighted by molar-refractivity contribution is 6.28. The minimum absolute atomic E-state index is 0.463. The van der Waals surface area contributed by atoms with Crippen LogP contribution in [0.5, 0.6) is 0 Å². The summed E-state index contributed by atoms with van der Waals surface area (Å²) in [5.74, 6) is 0.925. The lowest BCUT2D eigenvalue weighted by atomic mass is 9.98. The molecule has 2 aromatic heterocycles. The Balaban J connectivity index is 1.04. The summed E-state index contributed by atoms with van der Waals surface area (Å²) in [6.07, 6.45) is 0. The van der Waals surface area contributed by atoms with Gasteiger partial charge < -0.3 is 18.6 Å². The number of para-hydroxylation sites is 2. The van der Waals surface area contributed by atoms with E-state index in [0.29, 0.717) is 11.8 Å². The number of rotatable bonds is 8. The van der Waals surface area contributed by atoms with Gasteiger partial charge in [0, 0.05) is 55.7 Å². The fourth-order valence-corrected chi connectivity index (χ4v) is 9.89. The van der Waals surface area contributed by atoms with Crippen LogP contribution in [0.15, 0.2) is 167 Å². The lowest BCUT2D eigenvalue weighted by molar-refractivity contribution is 0.663. The molecule has 4 heteroatoms. The Morgan fingerprint density at radius 1 is 0.344 bits per heavy atom. The molecule has 314 valence electrons. The molecule has 4 nitrogen and oxygen atoms in total. The highest BCUT2D eigenvalue weighted by Gasteiger charge is 2.22. The van der Waals surface area contributed by atoms with Gasteiger partial charge in [0.1, 0.15) is 22.3 Å². The van der Waals surface area contributed by atoms with Gasteiger partial charge in [0.15, 0.2) is 0 Å². The molecule has 0 aliphatic rings. The summed E-state index contributed by atoms with van der Waals surface area (Å²) in [6.45, 7) is 17.8. The zero-order valence-electron chi connectivity index (χ0n) is 37.9. The predicted molar refractivity (Wildman–Crippen MR) is 273 cm³/mol. The SMILES string of the molecule is Cc1ccccc1N(c1ccc2cc3c(cc2c1)oc1ccc2oc4cc5cc(N(c6ccccc6C)c6ccc(C(C)C)cc6C)ccc5cc4c2c13)c1ccc(C(C)C)cc1C. The second-order valence-electron chi connectivity index (χ2n) is 18.4. The number of anilines is 6. The molecular weight excluding hydrogens is 781 g/mol. The molecular formula is C60H52N2O2. The molecule has 11 rings (SSSR count). The Morgan fingerprint density at radius 3 is 1.14 bits per heavy atom. The number of furan rings is 2. The Labute approximate surface area is 375 Å².